The summed E-state index contributed by atoms with van der Waals surface area (Å²) >= 11 is 0. The fourth-order valence-corrected chi connectivity index (χ4v) is 2.21. The molecule has 1 N–H and O–H groups in total. The van der Waals surface area contributed by atoms with Crippen LogP contribution in [0.5, 0.6) is 0 Å². The molecule has 0 unspecified atom stereocenters. The SMILES string of the molecule is COC(CNC(=O)C1(C)CCCCC1)OC. The van der Waals surface area contributed by atoms with E-state index in [1.165, 1.54) is 6.42 Å². The molecule has 4 nitrogen and oxygen atoms in total. The van der Waals surface area contributed by atoms with Gasteiger partial charge in [-0.1, -0.05) is 26.2 Å². The number of ether oxygens (including phenoxy) is 2. The van der Waals surface area contributed by atoms with Crippen LogP contribution in [0.2, 0.25) is 0 Å². The van der Waals surface area contributed by atoms with Crippen molar-refractivity contribution in [1.29, 1.82) is 0 Å². The number of carbonyl (C=O) groups is 1. The van der Waals surface area contributed by atoms with E-state index >= 15 is 0 Å². The first kappa shape index (κ1) is 13.5. The Balaban J connectivity index is 2.38. The van der Waals surface area contributed by atoms with Crippen molar-refractivity contribution in [2.75, 3.05) is 20.8 Å². The number of rotatable bonds is 5. The smallest absolute Gasteiger partial charge is 0.226 e. The molecule has 0 atom stereocenters. The van der Waals surface area contributed by atoms with Gasteiger partial charge in [-0.3, -0.25) is 4.79 Å². The van der Waals surface area contributed by atoms with Crippen molar-refractivity contribution in [2.24, 2.45) is 5.41 Å². The minimum atomic E-state index is -0.351. The summed E-state index contributed by atoms with van der Waals surface area (Å²) in [7, 11) is 3.14. The van der Waals surface area contributed by atoms with Gasteiger partial charge in [-0.25, -0.2) is 0 Å². The number of amides is 1. The van der Waals surface area contributed by atoms with Crippen molar-refractivity contribution in [1.82, 2.24) is 5.32 Å². The minimum absolute atomic E-state index is 0.131. The van der Waals surface area contributed by atoms with E-state index < -0.39 is 0 Å². The molecule has 0 aromatic heterocycles. The Labute approximate surface area is 97.7 Å². The lowest BCUT2D eigenvalue weighted by molar-refractivity contribution is -0.137. The Morgan fingerprint density at radius 2 is 1.81 bits per heavy atom. The first-order valence-electron chi connectivity index (χ1n) is 5.96. The Hall–Kier alpha value is -0.610. The molecule has 0 aromatic carbocycles. The number of hydrogen-bond donors (Lipinski definition) is 1. The van der Waals surface area contributed by atoms with Gasteiger partial charge in [-0.05, 0) is 12.8 Å². The van der Waals surface area contributed by atoms with Crippen molar-refractivity contribution in [3.05, 3.63) is 0 Å². The highest BCUT2D eigenvalue weighted by Gasteiger charge is 2.34. The third kappa shape index (κ3) is 3.46. The zero-order valence-electron chi connectivity index (χ0n) is 10.5. The lowest BCUT2D eigenvalue weighted by Crippen LogP contribution is -2.43. The molecule has 4 heteroatoms. The van der Waals surface area contributed by atoms with Crippen LogP contribution >= 0.6 is 0 Å². The van der Waals surface area contributed by atoms with E-state index in [2.05, 4.69) is 12.2 Å². The van der Waals surface area contributed by atoms with Gasteiger partial charge in [0.1, 0.15) is 0 Å². The zero-order valence-corrected chi connectivity index (χ0v) is 10.5. The van der Waals surface area contributed by atoms with Gasteiger partial charge in [0.25, 0.3) is 0 Å². The van der Waals surface area contributed by atoms with Crippen LogP contribution in [-0.4, -0.2) is 33.0 Å². The molecule has 94 valence electrons. The third-order valence-corrected chi connectivity index (χ3v) is 3.46. The van der Waals surface area contributed by atoms with Crippen molar-refractivity contribution in [3.8, 4) is 0 Å². The summed E-state index contributed by atoms with van der Waals surface area (Å²) in [5.41, 5.74) is -0.190. The average molecular weight is 229 g/mol. The fourth-order valence-electron chi connectivity index (χ4n) is 2.21. The predicted octanol–water partition coefficient (Wildman–Crippen LogP) is 1.69. The second-order valence-corrected chi connectivity index (χ2v) is 4.73. The van der Waals surface area contributed by atoms with E-state index in [0.717, 1.165) is 25.7 Å². The molecule has 1 rings (SSSR count). The lowest BCUT2D eigenvalue weighted by Gasteiger charge is -2.32. The van der Waals surface area contributed by atoms with Gasteiger partial charge in [0.2, 0.25) is 5.91 Å². The van der Waals surface area contributed by atoms with Crippen molar-refractivity contribution in [2.45, 2.75) is 45.3 Å². The van der Waals surface area contributed by atoms with Crippen LogP contribution in [0.1, 0.15) is 39.0 Å². The van der Waals surface area contributed by atoms with Crippen LogP contribution in [0.3, 0.4) is 0 Å². The monoisotopic (exact) mass is 229 g/mol. The Morgan fingerprint density at radius 1 is 1.25 bits per heavy atom. The highest BCUT2D eigenvalue weighted by molar-refractivity contribution is 5.82. The lowest BCUT2D eigenvalue weighted by atomic mass is 9.75. The Morgan fingerprint density at radius 3 is 2.31 bits per heavy atom. The van der Waals surface area contributed by atoms with E-state index in [0.29, 0.717) is 6.54 Å². The summed E-state index contributed by atoms with van der Waals surface area (Å²) in [6, 6.07) is 0. The molecule has 0 aromatic rings. The Bertz CT molecular complexity index is 220. The van der Waals surface area contributed by atoms with Crippen LogP contribution in [0.4, 0.5) is 0 Å². The molecule has 1 aliphatic rings. The highest BCUT2D eigenvalue weighted by atomic mass is 16.7. The summed E-state index contributed by atoms with van der Waals surface area (Å²) in [5, 5.41) is 2.91. The van der Waals surface area contributed by atoms with Crippen molar-refractivity contribution < 1.29 is 14.3 Å². The van der Waals surface area contributed by atoms with Crippen LogP contribution in [0.25, 0.3) is 0 Å². The molecule has 1 aliphatic carbocycles. The van der Waals surface area contributed by atoms with Gasteiger partial charge in [-0.2, -0.15) is 0 Å². The molecule has 0 bridgehead atoms. The van der Waals surface area contributed by atoms with Gasteiger partial charge in [0.05, 0.1) is 6.54 Å². The van der Waals surface area contributed by atoms with E-state index in [4.69, 9.17) is 9.47 Å². The van der Waals surface area contributed by atoms with E-state index in [-0.39, 0.29) is 17.6 Å². The van der Waals surface area contributed by atoms with Gasteiger partial charge in [0, 0.05) is 19.6 Å². The molecular weight excluding hydrogens is 206 g/mol. The second-order valence-electron chi connectivity index (χ2n) is 4.73. The van der Waals surface area contributed by atoms with E-state index in [1.54, 1.807) is 14.2 Å². The van der Waals surface area contributed by atoms with Crippen molar-refractivity contribution >= 4 is 5.91 Å². The number of methoxy groups -OCH3 is 2. The number of carbonyl (C=O) groups excluding carboxylic acids is 1. The molecule has 1 amide bonds. The van der Waals surface area contributed by atoms with Crippen LogP contribution in [-0.2, 0) is 14.3 Å². The first-order chi connectivity index (χ1) is 7.62. The van der Waals surface area contributed by atoms with E-state index in [9.17, 15) is 4.79 Å². The van der Waals surface area contributed by atoms with Crippen LogP contribution in [0.15, 0.2) is 0 Å². The molecule has 0 aliphatic heterocycles. The molecule has 0 heterocycles. The summed E-state index contributed by atoms with van der Waals surface area (Å²) in [4.78, 5) is 12.0. The largest absolute Gasteiger partial charge is 0.354 e. The molecule has 1 saturated carbocycles. The van der Waals surface area contributed by atoms with Gasteiger partial charge >= 0.3 is 0 Å². The normalized spacial score (nSPS) is 19.8. The van der Waals surface area contributed by atoms with Gasteiger partial charge in [-0.15, -0.1) is 0 Å². The molecule has 0 spiro atoms. The van der Waals surface area contributed by atoms with Crippen LogP contribution < -0.4 is 5.32 Å². The highest BCUT2D eigenvalue weighted by Crippen LogP contribution is 2.35. The zero-order chi connectivity index (χ0) is 12.0. The van der Waals surface area contributed by atoms with Gasteiger partial charge in [0.15, 0.2) is 6.29 Å². The van der Waals surface area contributed by atoms with E-state index in [1.807, 2.05) is 0 Å². The topological polar surface area (TPSA) is 47.6 Å². The predicted molar refractivity (Wildman–Crippen MR) is 62.0 cm³/mol. The molecule has 0 saturated heterocycles. The van der Waals surface area contributed by atoms with Gasteiger partial charge < -0.3 is 14.8 Å². The van der Waals surface area contributed by atoms with Crippen molar-refractivity contribution in [3.63, 3.8) is 0 Å². The molecule has 0 radical (unpaired) electrons. The van der Waals surface area contributed by atoms with Crippen LogP contribution in [0, 0.1) is 5.41 Å². The molecule has 1 fully saturated rings. The summed E-state index contributed by atoms with van der Waals surface area (Å²) in [6.07, 6.45) is 5.19. The molecular formula is C12H23NO3. The maximum atomic E-state index is 12.0. The summed E-state index contributed by atoms with van der Waals surface area (Å²) < 4.78 is 10.1. The molecule has 16 heavy (non-hydrogen) atoms. The maximum absolute atomic E-state index is 12.0. The standard InChI is InChI=1S/C12H23NO3/c1-12(7-5-4-6-8-12)11(14)13-9-10(15-2)16-3/h10H,4-9H2,1-3H3,(H,13,14). The minimum Gasteiger partial charge on any atom is -0.354 e. The number of hydrogen-bond acceptors (Lipinski definition) is 3. The summed E-state index contributed by atoms with van der Waals surface area (Å²) in [5.74, 6) is 0.131. The fraction of sp³-hybridized carbons (Fsp3) is 0.917. The third-order valence-electron chi connectivity index (χ3n) is 3.46. The summed E-state index contributed by atoms with van der Waals surface area (Å²) in [6.45, 7) is 2.47. The second kappa shape index (κ2) is 6.21. The first-order valence-corrected chi connectivity index (χ1v) is 5.96. The number of nitrogens with one attached hydrogen (secondary N) is 1. The Kier molecular flexibility index (Phi) is 5.22. The average Bonchev–Trinajstić information content (AvgIpc) is 2.31. The maximum Gasteiger partial charge on any atom is 0.226 e. The quantitative estimate of drug-likeness (QED) is 0.730.